The number of carboxylic acids is 1. The van der Waals surface area contributed by atoms with Gasteiger partial charge in [-0.2, -0.15) is 0 Å². The fourth-order valence-electron chi connectivity index (χ4n) is 6.75. The minimum Gasteiger partial charge on any atom is -0.481 e. The molecule has 6 nitrogen and oxygen atoms in total. The van der Waals surface area contributed by atoms with Crippen LogP contribution in [0.25, 0.3) is 22.4 Å². The van der Waals surface area contributed by atoms with E-state index >= 15 is 0 Å². The fraction of sp³-hybridized carbons (Fsp3) is 0.256. The molecule has 0 radical (unpaired) electrons. The van der Waals surface area contributed by atoms with Gasteiger partial charge in [-0.25, -0.2) is 4.39 Å². The van der Waals surface area contributed by atoms with Crippen LogP contribution < -0.4 is 10.4 Å². The lowest BCUT2D eigenvalue weighted by atomic mass is 9.90. The van der Waals surface area contributed by atoms with Gasteiger partial charge in [0.15, 0.2) is 8.03 Å². The van der Waals surface area contributed by atoms with Crippen molar-refractivity contribution in [1.29, 1.82) is 0 Å². The SMILES string of the molecule is CCc1nc(-c2ccccc2)c(C)c(-c2ccc(F)cc2)c1C#CCO[PH](=O)CC(CC(=O)O)O[Si](c1ccccc1)(c1ccccc1)C(C)(C)C. The van der Waals surface area contributed by atoms with Crippen LogP contribution in [0.1, 0.15) is 50.9 Å². The van der Waals surface area contributed by atoms with E-state index in [4.69, 9.17) is 13.9 Å². The van der Waals surface area contributed by atoms with Crippen molar-refractivity contribution in [2.24, 2.45) is 0 Å². The minimum atomic E-state index is -3.12. The average molecular weight is 734 g/mol. The van der Waals surface area contributed by atoms with E-state index in [1.54, 1.807) is 12.1 Å². The maximum Gasteiger partial charge on any atom is 0.305 e. The molecule has 1 heterocycles. The lowest BCUT2D eigenvalue weighted by Crippen LogP contribution is -2.68. The predicted octanol–water partition coefficient (Wildman–Crippen LogP) is 8.69. The monoisotopic (exact) mass is 733 g/mol. The van der Waals surface area contributed by atoms with Crippen molar-refractivity contribution < 1.29 is 27.8 Å². The molecule has 0 amide bonds. The van der Waals surface area contributed by atoms with E-state index in [9.17, 15) is 18.9 Å². The lowest BCUT2D eigenvalue weighted by Gasteiger charge is -2.45. The van der Waals surface area contributed by atoms with Gasteiger partial charge < -0.3 is 14.1 Å². The third-order valence-corrected chi connectivity index (χ3v) is 15.5. The second-order valence-corrected chi connectivity index (χ2v) is 19.4. The Morgan fingerprint density at radius 2 is 1.44 bits per heavy atom. The largest absolute Gasteiger partial charge is 0.481 e. The van der Waals surface area contributed by atoms with Crippen LogP contribution in [-0.4, -0.2) is 43.2 Å². The van der Waals surface area contributed by atoms with Crippen molar-refractivity contribution in [2.75, 3.05) is 12.8 Å². The first kappa shape index (κ1) is 38.6. The van der Waals surface area contributed by atoms with E-state index in [0.717, 1.165) is 44.0 Å². The Hall–Kier alpha value is -4.64. The molecular weight excluding hydrogens is 689 g/mol. The molecular formula is C43H45FNO5PSi. The molecule has 0 fully saturated rings. The van der Waals surface area contributed by atoms with Crippen LogP contribution >= 0.6 is 8.03 Å². The Bertz CT molecular complexity index is 2020. The van der Waals surface area contributed by atoms with Gasteiger partial charge in [-0.05, 0) is 52.0 Å². The van der Waals surface area contributed by atoms with Gasteiger partial charge in [0, 0.05) is 17.3 Å². The van der Waals surface area contributed by atoms with Crippen LogP contribution in [-0.2, 0) is 24.7 Å². The Morgan fingerprint density at radius 1 is 0.885 bits per heavy atom. The molecule has 0 aliphatic carbocycles. The van der Waals surface area contributed by atoms with Crippen molar-refractivity contribution in [3.05, 3.63) is 138 Å². The Balaban J connectivity index is 1.44. The first-order valence-corrected chi connectivity index (χ1v) is 20.9. The van der Waals surface area contributed by atoms with Gasteiger partial charge in [0.1, 0.15) is 12.4 Å². The fourth-order valence-corrected chi connectivity index (χ4v) is 12.5. The highest BCUT2D eigenvalue weighted by Gasteiger charge is 2.51. The van der Waals surface area contributed by atoms with Gasteiger partial charge in [0.25, 0.3) is 8.32 Å². The molecule has 268 valence electrons. The second-order valence-electron chi connectivity index (χ2n) is 13.7. The van der Waals surface area contributed by atoms with Crippen LogP contribution in [0.5, 0.6) is 0 Å². The average Bonchev–Trinajstić information content (AvgIpc) is 3.13. The highest BCUT2D eigenvalue weighted by molar-refractivity contribution is 7.39. The number of hydrogen-bond donors (Lipinski definition) is 1. The molecule has 9 heteroatoms. The molecule has 2 atom stereocenters. The van der Waals surface area contributed by atoms with E-state index < -0.39 is 33.5 Å². The quantitative estimate of drug-likeness (QED) is 0.0741. The highest BCUT2D eigenvalue weighted by atomic mass is 31.1. The summed E-state index contributed by atoms with van der Waals surface area (Å²) in [6, 6.07) is 36.1. The molecule has 0 bridgehead atoms. The third kappa shape index (κ3) is 8.86. The number of nitrogens with zero attached hydrogens (tertiary/aromatic N) is 1. The number of carboxylic acid groups (broad SMARTS) is 1. The summed E-state index contributed by atoms with van der Waals surface area (Å²) >= 11 is 0. The van der Waals surface area contributed by atoms with Gasteiger partial charge in [0.05, 0.1) is 29.5 Å². The van der Waals surface area contributed by atoms with Crippen LogP contribution in [0, 0.1) is 24.6 Å². The van der Waals surface area contributed by atoms with Crippen molar-refractivity contribution in [3.63, 3.8) is 0 Å². The summed E-state index contributed by atoms with van der Waals surface area (Å²) in [5, 5.41) is 11.5. The number of pyridine rings is 1. The number of benzene rings is 4. The smallest absolute Gasteiger partial charge is 0.305 e. The van der Waals surface area contributed by atoms with E-state index in [1.807, 2.05) is 105 Å². The summed E-state index contributed by atoms with van der Waals surface area (Å²) in [6.07, 6.45) is -0.657. The Kier molecular flexibility index (Phi) is 12.8. The van der Waals surface area contributed by atoms with E-state index in [-0.39, 0.29) is 25.0 Å². The van der Waals surface area contributed by atoms with Gasteiger partial charge in [-0.15, -0.1) is 0 Å². The molecule has 0 aliphatic rings. The predicted molar refractivity (Wildman–Crippen MR) is 211 cm³/mol. The standard InChI is InChI=1S/C43H45FNO5PSi/c1-6-39-38(41(32-24-26-34(44)27-25-32)31(2)42(45-39)33-17-10-7-11-18-33)23-16-28-49-51(48)30-35(29-40(46)47)50-52(43(3,4)5,36-19-12-8-13-20-36)37-21-14-9-15-22-37/h7-15,17-22,24-27,35,51H,6,28-30H2,1-5H3,(H,46,47). The maximum atomic E-state index is 14.0. The zero-order chi connectivity index (χ0) is 37.3. The molecule has 2 unspecified atom stereocenters. The molecule has 1 aromatic heterocycles. The van der Waals surface area contributed by atoms with E-state index in [1.165, 1.54) is 12.1 Å². The van der Waals surface area contributed by atoms with Crippen LogP contribution in [0.15, 0.2) is 115 Å². The summed E-state index contributed by atoms with van der Waals surface area (Å²) in [5.74, 6) is 4.90. The first-order chi connectivity index (χ1) is 24.9. The third-order valence-electron chi connectivity index (χ3n) is 9.11. The number of aromatic nitrogens is 1. The van der Waals surface area contributed by atoms with Crippen molar-refractivity contribution in [3.8, 4) is 34.2 Å². The molecule has 1 N–H and O–H groups in total. The minimum absolute atomic E-state index is 0.0728. The zero-order valence-electron chi connectivity index (χ0n) is 30.3. The molecule has 0 spiro atoms. The number of rotatable bonds is 13. The van der Waals surface area contributed by atoms with Crippen LogP contribution in [0.3, 0.4) is 0 Å². The Morgan fingerprint density at radius 3 is 1.96 bits per heavy atom. The summed E-state index contributed by atoms with van der Waals surface area (Å²) in [5.41, 5.74) is 5.85. The lowest BCUT2D eigenvalue weighted by molar-refractivity contribution is -0.138. The maximum absolute atomic E-state index is 14.0. The molecule has 4 aromatic carbocycles. The number of aryl methyl sites for hydroxylation is 1. The second kappa shape index (κ2) is 17.2. The van der Waals surface area contributed by atoms with Gasteiger partial charge in [-0.1, -0.05) is 143 Å². The Labute approximate surface area is 308 Å². The number of halogens is 1. The van der Waals surface area contributed by atoms with Crippen LogP contribution in [0.4, 0.5) is 4.39 Å². The molecule has 0 saturated heterocycles. The topological polar surface area (TPSA) is 85.7 Å². The van der Waals surface area contributed by atoms with Gasteiger partial charge in [0.2, 0.25) is 0 Å². The normalized spacial score (nSPS) is 12.8. The molecule has 0 saturated carbocycles. The summed E-state index contributed by atoms with van der Waals surface area (Å²) in [7, 11) is -5.89. The molecule has 0 aliphatic heterocycles. The molecule has 5 rings (SSSR count). The van der Waals surface area contributed by atoms with Crippen LogP contribution in [0.2, 0.25) is 5.04 Å². The van der Waals surface area contributed by atoms with Gasteiger partial charge in [-0.3, -0.25) is 14.3 Å². The summed E-state index contributed by atoms with van der Waals surface area (Å²) in [6.45, 7) is 10.2. The summed E-state index contributed by atoms with van der Waals surface area (Å²) < 4.78 is 40.3. The van der Waals surface area contributed by atoms with Crippen molar-refractivity contribution >= 4 is 32.7 Å². The van der Waals surface area contributed by atoms with E-state index in [0.29, 0.717) is 12.0 Å². The van der Waals surface area contributed by atoms with E-state index in [2.05, 4.69) is 32.6 Å². The highest BCUT2D eigenvalue weighted by Crippen LogP contribution is 2.39. The molecule has 5 aromatic rings. The van der Waals surface area contributed by atoms with Crippen molar-refractivity contribution in [2.45, 2.75) is 58.6 Å². The molecule has 52 heavy (non-hydrogen) atoms. The van der Waals surface area contributed by atoms with Crippen molar-refractivity contribution in [1.82, 2.24) is 4.98 Å². The zero-order valence-corrected chi connectivity index (χ0v) is 32.3. The number of hydrogen-bond acceptors (Lipinski definition) is 5. The van der Waals surface area contributed by atoms with Gasteiger partial charge >= 0.3 is 5.97 Å². The first-order valence-electron chi connectivity index (χ1n) is 17.4. The summed E-state index contributed by atoms with van der Waals surface area (Å²) in [4.78, 5) is 17.1. The number of aliphatic carboxylic acids is 1. The number of carbonyl (C=O) groups is 1.